The Hall–Kier alpha value is 0.130. The Kier molecular flexibility index (Phi) is 3.54. The maximum absolute atomic E-state index is 6.03. The molecule has 0 N–H and O–H groups in total. The van der Waals surface area contributed by atoms with Crippen molar-refractivity contribution in [1.82, 2.24) is 0 Å². The second kappa shape index (κ2) is 4.11. The first-order valence-corrected chi connectivity index (χ1v) is 5.54. The molecular weight excluding hydrogens is 154 g/mol. The van der Waals surface area contributed by atoms with Crippen LogP contribution < -0.4 is 0 Å². The fourth-order valence-corrected chi connectivity index (χ4v) is 3.12. The summed E-state index contributed by atoms with van der Waals surface area (Å²) in [5, 5.41) is -0.476. The molecule has 4 radical (unpaired) electrons. The smallest absolute Gasteiger partial charge is 0.0620 e. The molecule has 3 unspecified atom stereocenters. The van der Waals surface area contributed by atoms with Crippen LogP contribution in [-0.4, -0.2) is 15.7 Å². The van der Waals surface area contributed by atoms with Crippen molar-refractivity contribution in [3.05, 3.63) is 0 Å². The first kappa shape index (κ1) is 11.2. The SMILES string of the molecule is [B]C([B])(C)C1C(C)CCC1CCC. The molecule has 0 amide bonds. The maximum Gasteiger partial charge on any atom is 0.0620 e. The van der Waals surface area contributed by atoms with E-state index in [-0.39, 0.29) is 0 Å². The molecule has 0 aromatic heterocycles. The summed E-state index contributed by atoms with van der Waals surface area (Å²) in [5.74, 6) is 1.99. The molecule has 1 aliphatic carbocycles. The Bertz CT molecular complexity index is 158. The van der Waals surface area contributed by atoms with Gasteiger partial charge in [0.1, 0.15) is 0 Å². The zero-order chi connectivity index (χ0) is 10.1. The highest BCUT2D eigenvalue weighted by Gasteiger charge is 2.39. The van der Waals surface area contributed by atoms with Crippen molar-refractivity contribution in [3.63, 3.8) is 0 Å². The van der Waals surface area contributed by atoms with E-state index in [0.29, 0.717) is 11.8 Å². The van der Waals surface area contributed by atoms with Crippen molar-refractivity contribution in [2.75, 3.05) is 0 Å². The molecule has 13 heavy (non-hydrogen) atoms. The maximum atomic E-state index is 6.03. The summed E-state index contributed by atoms with van der Waals surface area (Å²) < 4.78 is 0. The molecule has 1 fully saturated rings. The summed E-state index contributed by atoms with van der Waals surface area (Å²) in [6.07, 6.45) is 5.17. The van der Waals surface area contributed by atoms with E-state index in [1.54, 1.807) is 0 Å². The lowest BCUT2D eigenvalue weighted by atomic mass is 9.46. The van der Waals surface area contributed by atoms with Crippen LogP contribution in [-0.2, 0) is 0 Å². The Morgan fingerprint density at radius 2 is 1.92 bits per heavy atom. The predicted octanol–water partition coefficient (Wildman–Crippen LogP) is 2.92. The molecule has 0 aromatic rings. The van der Waals surface area contributed by atoms with Crippen LogP contribution >= 0.6 is 0 Å². The molecule has 1 aliphatic rings. The summed E-state index contributed by atoms with van der Waals surface area (Å²) in [6, 6.07) is 0. The summed E-state index contributed by atoms with van der Waals surface area (Å²) in [5.41, 5.74) is 0. The molecule has 0 nitrogen and oxygen atoms in total. The van der Waals surface area contributed by atoms with E-state index in [0.717, 1.165) is 5.92 Å². The van der Waals surface area contributed by atoms with E-state index in [1.165, 1.54) is 25.7 Å². The van der Waals surface area contributed by atoms with Crippen molar-refractivity contribution in [2.45, 2.75) is 51.7 Å². The second-order valence-electron chi connectivity index (χ2n) is 5.00. The van der Waals surface area contributed by atoms with Crippen LogP contribution in [0.1, 0.15) is 46.5 Å². The van der Waals surface area contributed by atoms with E-state index in [9.17, 15) is 0 Å². The monoisotopic (exact) mass is 174 g/mol. The lowest BCUT2D eigenvalue weighted by Crippen LogP contribution is -2.28. The molecule has 0 heterocycles. The fraction of sp³-hybridized carbons (Fsp3) is 1.00. The molecule has 3 atom stereocenters. The standard InChI is InChI=1S/C11H20B2/c1-4-5-9-7-6-8(2)10(9)11(3,12)13/h8-10H,4-7H2,1-3H3. The van der Waals surface area contributed by atoms with Crippen LogP contribution in [0.2, 0.25) is 5.21 Å². The Morgan fingerprint density at radius 3 is 2.38 bits per heavy atom. The van der Waals surface area contributed by atoms with Crippen molar-refractivity contribution in [3.8, 4) is 0 Å². The zero-order valence-corrected chi connectivity index (χ0v) is 9.22. The normalized spacial score (nSPS) is 35.2. The van der Waals surface area contributed by atoms with Crippen molar-refractivity contribution >= 4 is 15.7 Å². The largest absolute Gasteiger partial charge is 0.0985 e. The van der Waals surface area contributed by atoms with Crippen LogP contribution in [0.4, 0.5) is 0 Å². The first-order chi connectivity index (χ1) is 5.96. The van der Waals surface area contributed by atoms with Gasteiger partial charge in [-0.05, 0) is 24.2 Å². The minimum atomic E-state index is -0.476. The third-order valence-electron chi connectivity index (χ3n) is 3.49. The van der Waals surface area contributed by atoms with E-state index < -0.39 is 5.21 Å². The third kappa shape index (κ3) is 2.54. The van der Waals surface area contributed by atoms with Crippen LogP contribution in [0.25, 0.3) is 0 Å². The van der Waals surface area contributed by atoms with Crippen LogP contribution in [0.15, 0.2) is 0 Å². The molecule has 0 aliphatic heterocycles. The molecule has 1 rings (SSSR count). The fourth-order valence-electron chi connectivity index (χ4n) is 3.12. The summed E-state index contributed by atoms with van der Waals surface area (Å²) in [6.45, 7) is 6.50. The summed E-state index contributed by atoms with van der Waals surface area (Å²) >= 11 is 0. The number of hydrogen-bond acceptors (Lipinski definition) is 0. The van der Waals surface area contributed by atoms with Gasteiger partial charge in [0.2, 0.25) is 0 Å². The van der Waals surface area contributed by atoms with Gasteiger partial charge in [0.05, 0.1) is 15.7 Å². The van der Waals surface area contributed by atoms with Gasteiger partial charge in [0.25, 0.3) is 0 Å². The van der Waals surface area contributed by atoms with Crippen LogP contribution in [0.5, 0.6) is 0 Å². The van der Waals surface area contributed by atoms with Gasteiger partial charge in [0, 0.05) is 0 Å². The van der Waals surface area contributed by atoms with Crippen molar-refractivity contribution < 1.29 is 0 Å². The van der Waals surface area contributed by atoms with Crippen molar-refractivity contribution in [1.29, 1.82) is 0 Å². The topological polar surface area (TPSA) is 0 Å². The minimum absolute atomic E-state index is 0.476. The van der Waals surface area contributed by atoms with Gasteiger partial charge >= 0.3 is 0 Å². The quantitative estimate of drug-likeness (QED) is 0.576. The zero-order valence-electron chi connectivity index (χ0n) is 9.22. The summed E-state index contributed by atoms with van der Waals surface area (Å²) in [7, 11) is 12.1. The minimum Gasteiger partial charge on any atom is -0.0985 e. The third-order valence-corrected chi connectivity index (χ3v) is 3.49. The number of hydrogen-bond donors (Lipinski definition) is 0. The predicted molar refractivity (Wildman–Crippen MR) is 60.2 cm³/mol. The molecular formula is C11H20B2. The molecule has 2 heteroatoms. The van der Waals surface area contributed by atoms with Crippen LogP contribution in [0, 0.1) is 17.8 Å². The lowest BCUT2D eigenvalue weighted by molar-refractivity contribution is 0.281. The molecule has 0 saturated heterocycles. The molecule has 0 bridgehead atoms. The average Bonchev–Trinajstić information content (AvgIpc) is 2.31. The van der Waals surface area contributed by atoms with E-state index in [4.69, 9.17) is 15.7 Å². The Labute approximate surface area is 85.7 Å². The molecule has 70 valence electrons. The first-order valence-electron chi connectivity index (χ1n) is 5.54. The lowest BCUT2D eigenvalue weighted by Gasteiger charge is -2.36. The molecule has 0 spiro atoms. The van der Waals surface area contributed by atoms with Crippen molar-refractivity contribution in [2.24, 2.45) is 17.8 Å². The van der Waals surface area contributed by atoms with Gasteiger partial charge in [-0.2, -0.15) is 0 Å². The number of rotatable bonds is 3. The van der Waals surface area contributed by atoms with Gasteiger partial charge in [-0.15, -0.1) is 0 Å². The van der Waals surface area contributed by atoms with E-state index in [2.05, 4.69) is 13.8 Å². The van der Waals surface area contributed by atoms with Gasteiger partial charge in [-0.3, -0.25) is 0 Å². The highest BCUT2D eigenvalue weighted by atomic mass is 14.4. The van der Waals surface area contributed by atoms with E-state index in [1.807, 2.05) is 6.92 Å². The Morgan fingerprint density at radius 1 is 1.31 bits per heavy atom. The highest BCUT2D eigenvalue weighted by molar-refractivity contribution is 6.39. The van der Waals surface area contributed by atoms with Crippen LogP contribution in [0.3, 0.4) is 0 Å². The highest BCUT2D eigenvalue weighted by Crippen LogP contribution is 2.49. The molecule has 0 aromatic carbocycles. The van der Waals surface area contributed by atoms with Gasteiger partial charge in [-0.25, -0.2) is 0 Å². The Balaban J connectivity index is 2.65. The molecule has 1 saturated carbocycles. The average molecular weight is 174 g/mol. The summed E-state index contributed by atoms with van der Waals surface area (Å²) in [4.78, 5) is 0. The second-order valence-corrected chi connectivity index (χ2v) is 5.00. The van der Waals surface area contributed by atoms with Gasteiger partial charge in [-0.1, -0.05) is 45.2 Å². The van der Waals surface area contributed by atoms with E-state index >= 15 is 0 Å². The van der Waals surface area contributed by atoms with Gasteiger partial charge in [0.15, 0.2) is 0 Å². The van der Waals surface area contributed by atoms with Gasteiger partial charge < -0.3 is 0 Å².